The second-order valence-electron chi connectivity index (χ2n) is 4.84. The summed E-state index contributed by atoms with van der Waals surface area (Å²) >= 11 is 0. The standard InChI is InChI=1S/C16H17N5/c1-11-15(13-9-18-12(2)19-10-13)20-21(16(11)17-3)14-7-5-4-6-8-14/h4-10,17H,1-3H3. The highest BCUT2D eigenvalue weighted by Gasteiger charge is 2.16. The maximum absolute atomic E-state index is 4.72. The van der Waals surface area contributed by atoms with Crippen LogP contribution < -0.4 is 5.32 Å². The molecule has 3 rings (SSSR count). The van der Waals surface area contributed by atoms with Crippen molar-refractivity contribution in [1.29, 1.82) is 0 Å². The van der Waals surface area contributed by atoms with E-state index in [0.717, 1.165) is 34.2 Å². The highest BCUT2D eigenvalue weighted by Crippen LogP contribution is 2.29. The largest absolute Gasteiger partial charge is 0.373 e. The maximum Gasteiger partial charge on any atom is 0.133 e. The van der Waals surface area contributed by atoms with Crippen molar-refractivity contribution in [2.45, 2.75) is 13.8 Å². The molecule has 2 heterocycles. The average molecular weight is 279 g/mol. The predicted octanol–water partition coefficient (Wildman–Crippen LogP) is 2.99. The molecule has 0 fully saturated rings. The lowest BCUT2D eigenvalue weighted by Crippen LogP contribution is -2.02. The van der Waals surface area contributed by atoms with Gasteiger partial charge in [-0.3, -0.25) is 0 Å². The van der Waals surface area contributed by atoms with Gasteiger partial charge in [0, 0.05) is 30.6 Å². The third-order valence-corrected chi connectivity index (χ3v) is 3.41. The van der Waals surface area contributed by atoms with Gasteiger partial charge in [-0.2, -0.15) is 5.10 Å². The molecule has 3 aromatic rings. The lowest BCUT2D eigenvalue weighted by Gasteiger charge is -2.06. The Morgan fingerprint density at radius 3 is 2.29 bits per heavy atom. The third kappa shape index (κ3) is 2.38. The second-order valence-corrected chi connectivity index (χ2v) is 4.84. The molecule has 1 aromatic carbocycles. The van der Waals surface area contributed by atoms with Crippen molar-refractivity contribution in [3.05, 3.63) is 54.1 Å². The molecule has 0 aliphatic heterocycles. The van der Waals surface area contributed by atoms with Gasteiger partial charge in [-0.15, -0.1) is 0 Å². The minimum Gasteiger partial charge on any atom is -0.373 e. The first kappa shape index (κ1) is 13.3. The third-order valence-electron chi connectivity index (χ3n) is 3.41. The normalized spacial score (nSPS) is 10.6. The minimum absolute atomic E-state index is 0.757. The van der Waals surface area contributed by atoms with E-state index < -0.39 is 0 Å². The smallest absolute Gasteiger partial charge is 0.133 e. The van der Waals surface area contributed by atoms with Crippen molar-refractivity contribution in [2.75, 3.05) is 12.4 Å². The van der Waals surface area contributed by atoms with Crippen LogP contribution in [0.4, 0.5) is 5.82 Å². The van der Waals surface area contributed by atoms with Crippen LogP contribution in [-0.2, 0) is 0 Å². The van der Waals surface area contributed by atoms with Gasteiger partial charge in [-0.1, -0.05) is 18.2 Å². The van der Waals surface area contributed by atoms with Crippen molar-refractivity contribution in [1.82, 2.24) is 19.7 Å². The van der Waals surface area contributed by atoms with Gasteiger partial charge in [0.2, 0.25) is 0 Å². The van der Waals surface area contributed by atoms with Crippen LogP contribution >= 0.6 is 0 Å². The summed E-state index contributed by atoms with van der Waals surface area (Å²) in [6, 6.07) is 10.1. The molecule has 0 bridgehead atoms. The van der Waals surface area contributed by atoms with E-state index >= 15 is 0 Å². The van der Waals surface area contributed by atoms with Gasteiger partial charge in [0.05, 0.1) is 5.69 Å². The van der Waals surface area contributed by atoms with E-state index in [9.17, 15) is 0 Å². The van der Waals surface area contributed by atoms with Gasteiger partial charge in [0.1, 0.15) is 17.3 Å². The molecule has 21 heavy (non-hydrogen) atoms. The van der Waals surface area contributed by atoms with Crippen LogP contribution in [0.3, 0.4) is 0 Å². The molecule has 0 spiro atoms. The van der Waals surface area contributed by atoms with E-state index in [1.807, 2.05) is 68.3 Å². The minimum atomic E-state index is 0.757. The Bertz CT molecular complexity index is 744. The topological polar surface area (TPSA) is 55.6 Å². The summed E-state index contributed by atoms with van der Waals surface area (Å²) < 4.78 is 1.91. The summed E-state index contributed by atoms with van der Waals surface area (Å²) in [5, 5.41) is 7.95. The van der Waals surface area contributed by atoms with E-state index in [1.165, 1.54) is 0 Å². The van der Waals surface area contributed by atoms with Gasteiger partial charge < -0.3 is 5.32 Å². The molecule has 5 nitrogen and oxygen atoms in total. The van der Waals surface area contributed by atoms with E-state index in [4.69, 9.17) is 5.10 Å². The summed E-state index contributed by atoms with van der Waals surface area (Å²) in [7, 11) is 1.90. The summed E-state index contributed by atoms with van der Waals surface area (Å²) in [6.45, 7) is 3.92. The average Bonchev–Trinajstić information content (AvgIpc) is 2.86. The molecule has 1 N–H and O–H groups in total. The number of hydrogen-bond acceptors (Lipinski definition) is 4. The molecule has 0 unspecified atom stereocenters. The van der Waals surface area contributed by atoms with Crippen LogP contribution in [0.2, 0.25) is 0 Å². The molecule has 0 radical (unpaired) electrons. The quantitative estimate of drug-likeness (QED) is 0.800. The van der Waals surface area contributed by atoms with Crippen molar-refractivity contribution in [2.24, 2.45) is 0 Å². The lowest BCUT2D eigenvalue weighted by atomic mass is 10.1. The van der Waals surface area contributed by atoms with Crippen molar-refractivity contribution in [3.63, 3.8) is 0 Å². The zero-order chi connectivity index (χ0) is 14.8. The molecule has 2 aromatic heterocycles. The van der Waals surface area contributed by atoms with Crippen LogP contribution in [0.1, 0.15) is 11.4 Å². The first-order valence-corrected chi connectivity index (χ1v) is 6.82. The lowest BCUT2D eigenvalue weighted by molar-refractivity contribution is 0.887. The number of hydrogen-bond donors (Lipinski definition) is 1. The van der Waals surface area contributed by atoms with E-state index in [2.05, 4.69) is 15.3 Å². The summed E-state index contributed by atoms with van der Waals surface area (Å²) in [5.41, 5.74) is 3.91. The number of aromatic nitrogens is 4. The summed E-state index contributed by atoms with van der Waals surface area (Å²) in [6.07, 6.45) is 3.62. The highest BCUT2D eigenvalue weighted by molar-refractivity contribution is 5.69. The van der Waals surface area contributed by atoms with Crippen LogP contribution in [-0.4, -0.2) is 26.8 Å². The highest BCUT2D eigenvalue weighted by atomic mass is 15.3. The first-order valence-electron chi connectivity index (χ1n) is 6.82. The van der Waals surface area contributed by atoms with Gasteiger partial charge >= 0.3 is 0 Å². The Kier molecular flexibility index (Phi) is 3.39. The first-order chi connectivity index (χ1) is 10.2. The molecule has 106 valence electrons. The van der Waals surface area contributed by atoms with Crippen LogP contribution in [0.25, 0.3) is 16.9 Å². The fraction of sp³-hybridized carbons (Fsp3) is 0.188. The van der Waals surface area contributed by atoms with E-state index in [0.29, 0.717) is 0 Å². The van der Waals surface area contributed by atoms with Crippen LogP contribution in [0, 0.1) is 13.8 Å². The fourth-order valence-electron chi connectivity index (χ4n) is 2.33. The molecule has 5 heteroatoms. The zero-order valence-corrected chi connectivity index (χ0v) is 12.3. The maximum atomic E-state index is 4.72. The number of rotatable bonds is 3. The Balaban J connectivity index is 2.16. The molecular formula is C16H17N5. The molecule has 0 saturated carbocycles. The second kappa shape index (κ2) is 5.36. The monoisotopic (exact) mass is 279 g/mol. The molecule has 0 amide bonds. The molecule has 0 saturated heterocycles. The van der Waals surface area contributed by atoms with E-state index in [1.54, 1.807) is 0 Å². The van der Waals surface area contributed by atoms with Gasteiger partial charge in [-0.05, 0) is 26.0 Å². The van der Waals surface area contributed by atoms with Gasteiger partial charge in [0.25, 0.3) is 0 Å². The number of para-hydroxylation sites is 1. The number of nitrogens with zero attached hydrogens (tertiary/aromatic N) is 4. The number of benzene rings is 1. The Labute approximate surface area is 123 Å². The van der Waals surface area contributed by atoms with Crippen LogP contribution in [0.5, 0.6) is 0 Å². The Morgan fingerprint density at radius 2 is 1.67 bits per heavy atom. The summed E-state index contributed by atoms with van der Waals surface area (Å²) in [5.74, 6) is 1.73. The Hall–Kier alpha value is -2.69. The molecule has 0 aliphatic carbocycles. The van der Waals surface area contributed by atoms with Crippen LogP contribution in [0.15, 0.2) is 42.7 Å². The Morgan fingerprint density at radius 1 is 1.00 bits per heavy atom. The van der Waals surface area contributed by atoms with Gasteiger partial charge in [-0.25, -0.2) is 14.6 Å². The summed E-state index contributed by atoms with van der Waals surface area (Å²) in [4.78, 5) is 8.51. The van der Waals surface area contributed by atoms with Crippen molar-refractivity contribution >= 4 is 5.82 Å². The molecule has 0 atom stereocenters. The van der Waals surface area contributed by atoms with Crippen molar-refractivity contribution in [3.8, 4) is 16.9 Å². The number of anilines is 1. The van der Waals surface area contributed by atoms with Crippen molar-refractivity contribution < 1.29 is 0 Å². The number of aryl methyl sites for hydroxylation is 1. The SMILES string of the molecule is CNc1c(C)c(-c2cnc(C)nc2)nn1-c1ccccc1. The van der Waals surface area contributed by atoms with Gasteiger partial charge in [0.15, 0.2) is 0 Å². The number of nitrogens with one attached hydrogen (secondary N) is 1. The molecule has 0 aliphatic rings. The predicted molar refractivity (Wildman–Crippen MR) is 83.6 cm³/mol. The van der Waals surface area contributed by atoms with E-state index in [-0.39, 0.29) is 0 Å². The zero-order valence-electron chi connectivity index (χ0n) is 12.3. The molecular weight excluding hydrogens is 262 g/mol. The fourth-order valence-corrected chi connectivity index (χ4v) is 2.33.